The van der Waals surface area contributed by atoms with Crippen LogP contribution in [0.5, 0.6) is 0 Å². The van der Waals surface area contributed by atoms with Crippen molar-refractivity contribution in [1.82, 2.24) is 4.57 Å². The van der Waals surface area contributed by atoms with E-state index in [1.807, 2.05) is 0 Å². The van der Waals surface area contributed by atoms with Gasteiger partial charge in [-0.3, -0.25) is 0 Å². The van der Waals surface area contributed by atoms with E-state index < -0.39 is 5.41 Å². The minimum atomic E-state index is -0.608. The van der Waals surface area contributed by atoms with Crippen LogP contribution < -0.4 is 14.7 Å². The molecule has 4 aliphatic rings. The molecular weight excluding hydrogens is 933 g/mol. The van der Waals surface area contributed by atoms with E-state index in [4.69, 9.17) is 0 Å². The number of para-hydroxylation sites is 6. The molecule has 0 bridgehead atoms. The van der Waals surface area contributed by atoms with Crippen LogP contribution in [0, 0.1) is 0 Å². The Morgan fingerprint density at radius 2 is 0.857 bits per heavy atom. The van der Waals surface area contributed by atoms with E-state index in [1.54, 1.807) is 0 Å². The number of aromatic nitrogens is 1. The first-order valence-electron chi connectivity index (χ1n) is 26.9. The van der Waals surface area contributed by atoms with E-state index in [2.05, 4.69) is 304 Å². The van der Waals surface area contributed by atoms with Crippen LogP contribution >= 0.6 is 0 Å². The molecule has 11 aromatic carbocycles. The summed E-state index contributed by atoms with van der Waals surface area (Å²) in [6, 6.07) is 101. The molecule has 12 aromatic rings. The number of nitrogens with zero attached hydrogens (tertiary/aromatic N) is 4. The molecule has 0 N–H and O–H groups in total. The first kappa shape index (κ1) is 43.5. The molecule has 77 heavy (non-hydrogen) atoms. The van der Waals surface area contributed by atoms with Gasteiger partial charge >= 0.3 is 0 Å². The lowest BCUT2D eigenvalue weighted by Gasteiger charge is -2.34. The van der Waals surface area contributed by atoms with Gasteiger partial charge in [-0.25, -0.2) is 0 Å². The van der Waals surface area contributed by atoms with Crippen molar-refractivity contribution < 1.29 is 0 Å². The van der Waals surface area contributed by atoms with Crippen LogP contribution in [-0.4, -0.2) is 4.57 Å². The highest BCUT2D eigenvalue weighted by molar-refractivity contribution is 6.11. The van der Waals surface area contributed by atoms with Crippen LogP contribution in [0.25, 0.3) is 49.7 Å². The maximum absolute atomic E-state index is 2.52. The normalized spacial score (nSPS) is 15.1. The first-order chi connectivity index (χ1) is 38.2. The zero-order valence-electron chi connectivity index (χ0n) is 42.2. The Balaban J connectivity index is 0.895. The molecule has 0 fully saturated rings. The summed E-state index contributed by atoms with van der Waals surface area (Å²) in [7, 11) is 0. The maximum Gasteiger partial charge on any atom is 0.0727 e. The van der Waals surface area contributed by atoms with E-state index in [0.29, 0.717) is 0 Å². The lowest BCUT2D eigenvalue weighted by molar-refractivity contribution is 0.792. The number of anilines is 7. The molecule has 16 rings (SSSR count). The largest absolute Gasteiger partial charge is 0.313 e. The van der Waals surface area contributed by atoms with Crippen molar-refractivity contribution in [1.29, 1.82) is 0 Å². The highest BCUT2D eigenvalue weighted by Crippen LogP contribution is 2.64. The van der Waals surface area contributed by atoms with E-state index in [0.717, 1.165) is 46.2 Å². The third kappa shape index (κ3) is 6.39. The van der Waals surface area contributed by atoms with Crippen molar-refractivity contribution in [2.75, 3.05) is 14.7 Å². The molecule has 0 saturated heterocycles. The van der Waals surface area contributed by atoms with Gasteiger partial charge in [-0.15, -0.1) is 0 Å². The highest BCUT2D eigenvalue weighted by atomic mass is 15.2. The molecule has 1 aromatic heterocycles. The average Bonchev–Trinajstić information content (AvgIpc) is 3.58. The van der Waals surface area contributed by atoms with Crippen LogP contribution in [0.4, 0.5) is 39.8 Å². The van der Waals surface area contributed by atoms with Crippen molar-refractivity contribution in [3.8, 4) is 27.9 Å². The van der Waals surface area contributed by atoms with E-state index in [9.17, 15) is 0 Å². The molecular formula is C73H50N4. The third-order valence-corrected chi connectivity index (χ3v) is 16.8. The fourth-order valence-corrected chi connectivity index (χ4v) is 13.7. The summed E-state index contributed by atoms with van der Waals surface area (Å²) in [6.07, 6.45) is 5.81. The smallest absolute Gasteiger partial charge is 0.0727 e. The van der Waals surface area contributed by atoms with Gasteiger partial charge < -0.3 is 19.3 Å². The Morgan fingerprint density at radius 1 is 0.364 bits per heavy atom. The zero-order valence-corrected chi connectivity index (χ0v) is 42.2. The molecule has 0 saturated carbocycles. The van der Waals surface area contributed by atoms with Gasteiger partial charge in [0, 0.05) is 73.6 Å². The summed E-state index contributed by atoms with van der Waals surface area (Å²) in [5.41, 5.74) is 25.0. The minimum absolute atomic E-state index is 0.262. The Hall–Kier alpha value is -9.90. The van der Waals surface area contributed by atoms with Crippen molar-refractivity contribution in [3.63, 3.8) is 0 Å². The van der Waals surface area contributed by atoms with Gasteiger partial charge in [-0.1, -0.05) is 176 Å². The Morgan fingerprint density at radius 3 is 1.53 bits per heavy atom. The second-order valence-electron chi connectivity index (χ2n) is 20.7. The van der Waals surface area contributed by atoms with Gasteiger partial charge in [-0.2, -0.15) is 0 Å². The molecule has 4 heteroatoms. The second kappa shape index (κ2) is 17.1. The van der Waals surface area contributed by atoms with Crippen LogP contribution in [0.1, 0.15) is 40.2 Å². The van der Waals surface area contributed by atoms with E-state index in [-0.39, 0.29) is 5.92 Å². The third-order valence-electron chi connectivity index (χ3n) is 16.8. The van der Waals surface area contributed by atoms with E-state index in [1.165, 1.54) is 88.9 Å². The maximum atomic E-state index is 2.52. The predicted molar refractivity (Wildman–Crippen MR) is 319 cm³/mol. The summed E-state index contributed by atoms with van der Waals surface area (Å²) >= 11 is 0. The molecule has 362 valence electrons. The minimum Gasteiger partial charge on any atom is -0.313 e. The van der Waals surface area contributed by atoms with Gasteiger partial charge in [0.15, 0.2) is 0 Å². The topological polar surface area (TPSA) is 14.7 Å². The summed E-state index contributed by atoms with van der Waals surface area (Å²) < 4.78 is 2.39. The highest BCUT2D eigenvalue weighted by Gasteiger charge is 2.52. The average molecular weight is 983 g/mol. The van der Waals surface area contributed by atoms with Crippen molar-refractivity contribution >= 4 is 61.6 Å². The lowest BCUT2D eigenvalue weighted by Crippen LogP contribution is -2.27. The monoisotopic (exact) mass is 982 g/mol. The summed E-state index contributed by atoms with van der Waals surface area (Å²) in [4.78, 5) is 7.43. The van der Waals surface area contributed by atoms with Crippen molar-refractivity contribution in [2.45, 2.75) is 17.8 Å². The number of allylic oxidation sites excluding steroid dienone is 3. The quantitative estimate of drug-likeness (QED) is 0.151. The number of fused-ring (bicyclic) bond motifs is 16. The SMILES string of the molecule is C1=C(N(c2ccccc2)c2ccc3c(c2)C2(c4ccccc4-c4ccccc42)c2cc(N(c4ccccc4)c4ccc5c(c4)c4ccccc4n5-c4ccccc4)ccc2-3)C=C2C(C1)c1ccccc1N2c1ccccc1. The van der Waals surface area contributed by atoms with Gasteiger partial charge in [0.05, 0.1) is 16.4 Å². The van der Waals surface area contributed by atoms with Crippen molar-refractivity contribution in [2.24, 2.45) is 0 Å². The fourth-order valence-electron chi connectivity index (χ4n) is 13.7. The van der Waals surface area contributed by atoms with Gasteiger partial charge in [0.25, 0.3) is 0 Å². The second-order valence-corrected chi connectivity index (χ2v) is 20.7. The Labute approximate surface area is 448 Å². The Bertz CT molecular complexity index is 4340. The van der Waals surface area contributed by atoms with Crippen LogP contribution in [0.15, 0.2) is 297 Å². The predicted octanol–water partition coefficient (Wildman–Crippen LogP) is 18.8. The molecule has 3 aliphatic carbocycles. The molecule has 0 amide bonds. The molecule has 1 spiro atoms. The lowest BCUT2D eigenvalue weighted by atomic mass is 9.70. The molecule has 1 atom stereocenters. The van der Waals surface area contributed by atoms with Crippen LogP contribution in [0.2, 0.25) is 0 Å². The number of benzene rings is 11. The Kier molecular flexibility index (Phi) is 9.64. The first-order valence-corrected chi connectivity index (χ1v) is 26.9. The zero-order chi connectivity index (χ0) is 50.6. The molecule has 4 nitrogen and oxygen atoms in total. The molecule has 1 aliphatic heterocycles. The number of hydrogen-bond donors (Lipinski definition) is 0. The van der Waals surface area contributed by atoms with Gasteiger partial charge in [0.2, 0.25) is 0 Å². The molecule has 2 heterocycles. The van der Waals surface area contributed by atoms with Crippen LogP contribution in [0.3, 0.4) is 0 Å². The number of hydrogen-bond acceptors (Lipinski definition) is 3. The molecule has 1 unspecified atom stereocenters. The standard InChI is InChI=1S/C73H50N4/c1-5-21-49(22-6-1)74(53-40-44-71-64(45-53)62-32-16-20-36-70(62)76(71)51-25-9-3-10-26-51)54-37-41-59-60-42-38-55(47-68(60)73(67(59)46-54)65-33-17-13-29-57(65)58-30-14-18-34-66(58)73)75(50-23-7-2-8-24-50)56-39-43-63-61-31-15-19-35-69(61)77(72(63)48-56)52-27-11-4-12-28-52/h1-42,44-48,63H,43H2. The fraction of sp³-hybridized carbons (Fsp3) is 0.0411. The van der Waals surface area contributed by atoms with E-state index >= 15 is 0 Å². The summed E-state index contributed by atoms with van der Waals surface area (Å²) in [5, 5.41) is 2.44. The summed E-state index contributed by atoms with van der Waals surface area (Å²) in [5.74, 6) is 0.262. The van der Waals surface area contributed by atoms with Crippen LogP contribution in [-0.2, 0) is 5.41 Å². The summed E-state index contributed by atoms with van der Waals surface area (Å²) in [6.45, 7) is 0. The van der Waals surface area contributed by atoms with Gasteiger partial charge in [-0.05, 0) is 166 Å². The van der Waals surface area contributed by atoms with Gasteiger partial charge in [0.1, 0.15) is 0 Å². The number of rotatable bonds is 8. The van der Waals surface area contributed by atoms with Crippen molar-refractivity contribution in [3.05, 3.63) is 324 Å². The molecule has 0 radical (unpaired) electrons.